The van der Waals surface area contributed by atoms with Crippen molar-refractivity contribution in [2.75, 3.05) is 0 Å². The summed E-state index contributed by atoms with van der Waals surface area (Å²) in [4.78, 5) is 30.6. The van der Waals surface area contributed by atoms with E-state index in [4.69, 9.17) is 0 Å². The van der Waals surface area contributed by atoms with Gasteiger partial charge in [-0.05, 0) is 58.6 Å². The molecule has 1 amide bonds. The largest absolute Gasteiger partial charge is 0.465 e. The van der Waals surface area contributed by atoms with Crippen molar-refractivity contribution in [3.05, 3.63) is 28.8 Å². The summed E-state index contributed by atoms with van der Waals surface area (Å²) in [6.07, 6.45) is 4.20. The fourth-order valence-corrected chi connectivity index (χ4v) is 4.06. The lowest BCUT2D eigenvalue weighted by molar-refractivity contribution is 0.0218. The Morgan fingerprint density at radius 1 is 1.24 bits per heavy atom. The van der Waals surface area contributed by atoms with Crippen molar-refractivity contribution < 1.29 is 9.90 Å². The number of aromatic nitrogens is 3. The fraction of sp³-hybridized carbons (Fsp3) is 0.611. The Labute approximate surface area is 145 Å². The standard InChI is InChI=1S/C18H24N4O3/c1-18(2,3)22(17(24)25)13-9-12(10-13)21-15-14(5-4-8-19-15)20(16(21)23)11-6-7-11/h4-5,8,11-13H,6-7,9-10H2,1-3H3,(H,24,25). The van der Waals surface area contributed by atoms with E-state index >= 15 is 0 Å². The fourth-order valence-electron chi connectivity index (χ4n) is 4.06. The van der Waals surface area contributed by atoms with Crippen LogP contribution >= 0.6 is 0 Å². The van der Waals surface area contributed by atoms with Gasteiger partial charge in [-0.2, -0.15) is 0 Å². The van der Waals surface area contributed by atoms with Gasteiger partial charge in [0.25, 0.3) is 0 Å². The van der Waals surface area contributed by atoms with Crippen LogP contribution in [0, 0.1) is 0 Å². The van der Waals surface area contributed by atoms with Crippen LogP contribution in [0.1, 0.15) is 58.5 Å². The van der Waals surface area contributed by atoms with E-state index < -0.39 is 11.6 Å². The van der Waals surface area contributed by atoms with Crippen molar-refractivity contribution in [3.63, 3.8) is 0 Å². The molecular formula is C18H24N4O3. The maximum Gasteiger partial charge on any atom is 0.407 e. The van der Waals surface area contributed by atoms with Crippen LogP contribution in [0.3, 0.4) is 0 Å². The second-order valence-electron chi connectivity index (χ2n) is 8.20. The number of imidazole rings is 1. The van der Waals surface area contributed by atoms with E-state index in [2.05, 4.69) is 4.98 Å². The van der Waals surface area contributed by atoms with Gasteiger partial charge in [-0.15, -0.1) is 0 Å². The topological polar surface area (TPSA) is 80.4 Å². The van der Waals surface area contributed by atoms with Crippen LogP contribution in [-0.4, -0.2) is 41.8 Å². The van der Waals surface area contributed by atoms with Crippen LogP contribution in [0.5, 0.6) is 0 Å². The highest BCUT2D eigenvalue weighted by atomic mass is 16.4. The highest BCUT2D eigenvalue weighted by Gasteiger charge is 2.43. The number of nitrogens with zero attached hydrogens (tertiary/aromatic N) is 4. The third-order valence-electron chi connectivity index (χ3n) is 5.33. The highest BCUT2D eigenvalue weighted by Crippen LogP contribution is 2.41. The van der Waals surface area contributed by atoms with E-state index in [1.165, 1.54) is 4.90 Å². The molecule has 2 aromatic rings. The first-order chi connectivity index (χ1) is 11.8. The zero-order chi connectivity index (χ0) is 17.9. The number of pyridine rings is 1. The highest BCUT2D eigenvalue weighted by molar-refractivity contribution is 5.72. The van der Waals surface area contributed by atoms with Gasteiger partial charge in [0, 0.05) is 29.9 Å². The number of carboxylic acid groups (broad SMARTS) is 1. The first-order valence-corrected chi connectivity index (χ1v) is 8.88. The first-order valence-electron chi connectivity index (χ1n) is 8.88. The van der Waals surface area contributed by atoms with E-state index in [1.54, 1.807) is 10.8 Å². The number of hydrogen-bond donors (Lipinski definition) is 1. The maximum absolute atomic E-state index is 13.0. The Kier molecular flexibility index (Phi) is 3.46. The van der Waals surface area contributed by atoms with Crippen LogP contribution in [-0.2, 0) is 0 Å². The van der Waals surface area contributed by atoms with Crippen LogP contribution in [0.2, 0.25) is 0 Å². The molecule has 0 unspecified atom stereocenters. The minimum atomic E-state index is -0.901. The van der Waals surface area contributed by atoms with Gasteiger partial charge in [0.1, 0.15) is 0 Å². The molecule has 2 heterocycles. The lowest BCUT2D eigenvalue weighted by atomic mass is 9.83. The molecule has 1 N–H and O–H groups in total. The second-order valence-corrected chi connectivity index (χ2v) is 8.20. The summed E-state index contributed by atoms with van der Waals surface area (Å²) in [5.74, 6) is 0. The summed E-state index contributed by atoms with van der Waals surface area (Å²) in [5.41, 5.74) is 1.16. The molecule has 25 heavy (non-hydrogen) atoms. The summed E-state index contributed by atoms with van der Waals surface area (Å²) in [6.45, 7) is 5.71. The molecule has 0 atom stereocenters. The van der Waals surface area contributed by atoms with E-state index in [9.17, 15) is 14.7 Å². The quantitative estimate of drug-likeness (QED) is 0.928. The summed E-state index contributed by atoms with van der Waals surface area (Å²) >= 11 is 0. The van der Waals surface area contributed by atoms with Crippen molar-refractivity contribution in [3.8, 4) is 0 Å². The lowest BCUT2D eigenvalue weighted by Crippen LogP contribution is -2.56. The monoisotopic (exact) mass is 344 g/mol. The molecule has 0 aromatic carbocycles. The molecule has 7 nitrogen and oxygen atoms in total. The molecule has 2 fully saturated rings. The van der Waals surface area contributed by atoms with Gasteiger partial charge in [0.2, 0.25) is 0 Å². The SMILES string of the molecule is CC(C)(C)N(C(=O)O)C1CC(n2c(=O)n(C3CC3)c3cccnc32)C1. The molecule has 2 aromatic heterocycles. The second kappa shape index (κ2) is 5.34. The van der Waals surface area contributed by atoms with Crippen LogP contribution in [0.4, 0.5) is 4.79 Å². The number of amides is 1. The Balaban J connectivity index is 1.66. The van der Waals surface area contributed by atoms with Gasteiger partial charge in [-0.3, -0.25) is 9.13 Å². The molecule has 134 valence electrons. The van der Waals surface area contributed by atoms with Crippen molar-refractivity contribution >= 4 is 17.3 Å². The summed E-state index contributed by atoms with van der Waals surface area (Å²) in [7, 11) is 0. The zero-order valence-corrected chi connectivity index (χ0v) is 14.8. The first kappa shape index (κ1) is 16.2. The summed E-state index contributed by atoms with van der Waals surface area (Å²) in [6, 6.07) is 4.06. The van der Waals surface area contributed by atoms with Crippen molar-refractivity contribution in [2.24, 2.45) is 0 Å². The summed E-state index contributed by atoms with van der Waals surface area (Å²) < 4.78 is 3.65. The Bertz CT molecular complexity index is 882. The Morgan fingerprint density at radius 2 is 1.92 bits per heavy atom. The zero-order valence-electron chi connectivity index (χ0n) is 14.8. The number of hydrogen-bond acceptors (Lipinski definition) is 3. The molecule has 0 radical (unpaired) electrons. The van der Waals surface area contributed by atoms with Gasteiger partial charge in [0.15, 0.2) is 5.65 Å². The van der Waals surface area contributed by atoms with Crippen LogP contribution < -0.4 is 5.69 Å². The van der Waals surface area contributed by atoms with Gasteiger partial charge in [-0.25, -0.2) is 14.6 Å². The molecule has 2 aliphatic carbocycles. The van der Waals surface area contributed by atoms with E-state index in [1.807, 2.05) is 37.5 Å². The van der Waals surface area contributed by atoms with Gasteiger partial charge in [0.05, 0.1) is 5.52 Å². The van der Waals surface area contributed by atoms with E-state index in [0.717, 1.165) is 24.0 Å². The molecule has 0 saturated heterocycles. The maximum atomic E-state index is 13.0. The average Bonchev–Trinajstić information content (AvgIpc) is 3.25. The van der Waals surface area contributed by atoms with E-state index in [0.29, 0.717) is 18.9 Å². The van der Waals surface area contributed by atoms with Gasteiger partial charge in [-0.1, -0.05) is 0 Å². The molecule has 0 bridgehead atoms. The van der Waals surface area contributed by atoms with Gasteiger partial charge < -0.3 is 10.0 Å². The third kappa shape index (κ3) is 2.53. The molecule has 7 heteroatoms. The predicted octanol–water partition coefficient (Wildman–Crippen LogP) is 3.01. The molecule has 0 aliphatic heterocycles. The van der Waals surface area contributed by atoms with Crippen molar-refractivity contribution in [1.29, 1.82) is 0 Å². The van der Waals surface area contributed by atoms with E-state index in [-0.39, 0.29) is 17.8 Å². The predicted molar refractivity (Wildman–Crippen MR) is 93.9 cm³/mol. The smallest absolute Gasteiger partial charge is 0.407 e. The number of rotatable bonds is 3. The Morgan fingerprint density at radius 3 is 2.48 bits per heavy atom. The minimum absolute atomic E-state index is 0.00252. The molecule has 2 aliphatic rings. The Hall–Kier alpha value is -2.31. The van der Waals surface area contributed by atoms with Crippen LogP contribution in [0.25, 0.3) is 11.2 Å². The van der Waals surface area contributed by atoms with Gasteiger partial charge >= 0.3 is 11.8 Å². The average molecular weight is 344 g/mol. The molecule has 4 rings (SSSR count). The molecular weight excluding hydrogens is 320 g/mol. The number of carbonyl (C=O) groups is 1. The van der Waals surface area contributed by atoms with Crippen molar-refractivity contribution in [2.45, 2.75) is 70.1 Å². The van der Waals surface area contributed by atoms with Crippen LogP contribution in [0.15, 0.2) is 23.1 Å². The molecule has 0 spiro atoms. The normalized spacial score (nSPS) is 23.5. The molecule has 2 saturated carbocycles. The summed E-state index contributed by atoms with van der Waals surface area (Å²) in [5, 5.41) is 9.55. The number of fused-ring (bicyclic) bond motifs is 1. The lowest BCUT2D eigenvalue weighted by Gasteiger charge is -2.47. The minimum Gasteiger partial charge on any atom is -0.465 e. The third-order valence-corrected chi connectivity index (χ3v) is 5.33. The van der Waals surface area contributed by atoms with Crippen molar-refractivity contribution in [1.82, 2.24) is 19.0 Å².